The van der Waals surface area contributed by atoms with Gasteiger partial charge < -0.3 is 10.1 Å². The summed E-state index contributed by atoms with van der Waals surface area (Å²) < 4.78 is 31.5. The zero-order valence-electron chi connectivity index (χ0n) is 14.3. The van der Waals surface area contributed by atoms with Gasteiger partial charge in [0.1, 0.15) is 6.54 Å². The Balaban J connectivity index is 2.03. The van der Waals surface area contributed by atoms with E-state index >= 15 is 0 Å². The first kappa shape index (κ1) is 19.3. The lowest BCUT2D eigenvalue weighted by atomic mass is 10.1. The van der Waals surface area contributed by atoms with Crippen LogP contribution < -0.4 is 16.6 Å². The van der Waals surface area contributed by atoms with Gasteiger partial charge in [-0.25, -0.2) is 17.5 Å². The van der Waals surface area contributed by atoms with E-state index in [-0.39, 0.29) is 31.4 Å². The monoisotopic (exact) mass is 374 g/mol. The third-order valence-electron chi connectivity index (χ3n) is 4.03. The van der Waals surface area contributed by atoms with Crippen LogP contribution in [-0.4, -0.2) is 67.3 Å². The summed E-state index contributed by atoms with van der Waals surface area (Å²) >= 11 is 0. The van der Waals surface area contributed by atoms with Crippen LogP contribution in [0.5, 0.6) is 0 Å². The first-order valence-corrected chi connectivity index (χ1v) is 9.28. The predicted octanol–water partition coefficient (Wildman–Crippen LogP) is -2.13. The third-order valence-corrected chi connectivity index (χ3v) is 5.99. The fraction of sp³-hybridized carbons (Fsp3) is 0.643. The van der Waals surface area contributed by atoms with Crippen molar-refractivity contribution in [3.8, 4) is 0 Å². The summed E-state index contributed by atoms with van der Waals surface area (Å²) in [6, 6.07) is -0.457. The van der Waals surface area contributed by atoms with Crippen molar-refractivity contribution >= 4 is 15.9 Å². The number of aromatic nitrogens is 2. The van der Waals surface area contributed by atoms with Crippen molar-refractivity contribution in [3.63, 3.8) is 0 Å². The fourth-order valence-corrected chi connectivity index (χ4v) is 3.65. The van der Waals surface area contributed by atoms with Crippen molar-refractivity contribution in [2.24, 2.45) is 5.92 Å². The maximum absolute atomic E-state index is 12.2. The zero-order chi connectivity index (χ0) is 18.8. The molecule has 0 saturated carbocycles. The maximum atomic E-state index is 12.2. The summed E-state index contributed by atoms with van der Waals surface area (Å²) in [5.74, 6) is -0.968. The Labute approximate surface area is 144 Å². The molecule has 2 atom stereocenters. The first-order valence-electron chi connectivity index (χ1n) is 7.68. The molecule has 0 bridgehead atoms. The number of amides is 1. The summed E-state index contributed by atoms with van der Waals surface area (Å²) in [6.07, 6.45) is 1.31. The van der Waals surface area contributed by atoms with Gasteiger partial charge in [0, 0.05) is 31.8 Å². The number of hydrogen-bond acceptors (Lipinski definition) is 6. The number of rotatable bonds is 6. The molecule has 2 heterocycles. The molecule has 25 heavy (non-hydrogen) atoms. The summed E-state index contributed by atoms with van der Waals surface area (Å²) in [7, 11) is -0.523. The average molecular weight is 374 g/mol. The summed E-state index contributed by atoms with van der Waals surface area (Å²) in [5, 5.41) is 2.70. The molecule has 0 radical (unpaired) electrons. The zero-order valence-corrected chi connectivity index (χ0v) is 15.1. The number of hydrogen-bond donors (Lipinski definition) is 2. The van der Waals surface area contributed by atoms with Crippen molar-refractivity contribution in [2.75, 3.05) is 33.1 Å². The molecule has 0 aromatic carbocycles. The Hall–Kier alpha value is -1.98. The van der Waals surface area contributed by atoms with Gasteiger partial charge in [0.25, 0.3) is 5.56 Å². The molecule has 2 N–H and O–H groups in total. The lowest BCUT2D eigenvalue weighted by Gasteiger charge is -2.21. The molecular weight excluding hydrogens is 352 g/mol. The van der Waals surface area contributed by atoms with Gasteiger partial charge in [0.05, 0.1) is 25.0 Å². The molecule has 1 fully saturated rings. The van der Waals surface area contributed by atoms with Gasteiger partial charge in [-0.15, -0.1) is 0 Å². The largest absolute Gasteiger partial charge is 0.379 e. The van der Waals surface area contributed by atoms with E-state index in [1.54, 1.807) is 0 Å². The van der Waals surface area contributed by atoms with Crippen LogP contribution in [0, 0.1) is 12.8 Å². The Morgan fingerprint density at radius 2 is 2.08 bits per heavy atom. The van der Waals surface area contributed by atoms with Gasteiger partial charge in [-0.05, 0) is 6.92 Å². The molecule has 1 saturated heterocycles. The van der Waals surface area contributed by atoms with E-state index in [1.807, 2.05) is 0 Å². The molecule has 1 aliphatic rings. The third kappa shape index (κ3) is 4.77. The van der Waals surface area contributed by atoms with E-state index in [9.17, 15) is 22.8 Å². The average Bonchev–Trinajstić information content (AvgIpc) is 2.90. The highest BCUT2D eigenvalue weighted by molar-refractivity contribution is 7.89. The minimum absolute atomic E-state index is 0.136. The number of aromatic amines is 1. The number of sulfonamides is 1. The molecule has 0 unspecified atom stereocenters. The molecule has 1 aromatic heterocycles. The number of nitrogens with zero attached hydrogens (tertiary/aromatic N) is 2. The molecule has 1 aromatic rings. The minimum atomic E-state index is -3.42. The quantitative estimate of drug-likeness (QED) is 0.585. The topological polar surface area (TPSA) is 131 Å². The van der Waals surface area contributed by atoms with Crippen molar-refractivity contribution in [1.82, 2.24) is 19.2 Å². The Kier molecular flexibility index (Phi) is 5.80. The van der Waals surface area contributed by atoms with Crippen molar-refractivity contribution in [3.05, 3.63) is 32.6 Å². The highest BCUT2D eigenvalue weighted by Crippen LogP contribution is 2.17. The number of carbonyl (C=O) groups is 1. The van der Waals surface area contributed by atoms with Gasteiger partial charge >= 0.3 is 5.69 Å². The second-order valence-electron chi connectivity index (χ2n) is 6.23. The van der Waals surface area contributed by atoms with E-state index in [0.29, 0.717) is 5.56 Å². The molecule has 0 spiro atoms. The van der Waals surface area contributed by atoms with Crippen LogP contribution in [0.3, 0.4) is 0 Å². The fourth-order valence-electron chi connectivity index (χ4n) is 2.49. The highest BCUT2D eigenvalue weighted by Gasteiger charge is 2.34. The van der Waals surface area contributed by atoms with E-state index in [1.165, 1.54) is 27.2 Å². The smallest absolute Gasteiger partial charge is 0.328 e. The minimum Gasteiger partial charge on any atom is -0.379 e. The van der Waals surface area contributed by atoms with Crippen molar-refractivity contribution in [1.29, 1.82) is 0 Å². The molecule has 1 aliphatic heterocycles. The lowest BCUT2D eigenvalue weighted by molar-refractivity contribution is -0.122. The standard InChI is InChI=1S/C14H22N4O6S/c1-9-4-18(14(21)16-13(9)20)5-12(19)15-11-7-24-6-10(11)8-25(22,23)17(2)3/h4,10-11H,5-8H2,1-3H3,(H,15,19)(H,16,20,21)/t10-,11+/m0/s1. The number of aryl methyl sites for hydroxylation is 1. The molecule has 0 aliphatic carbocycles. The van der Waals surface area contributed by atoms with E-state index < -0.39 is 33.2 Å². The van der Waals surface area contributed by atoms with E-state index in [4.69, 9.17) is 4.74 Å². The van der Waals surface area contributed by atoms with Crippen molar-refractivity contribution < 1.29 is 17.9 Å². The number of ether oxygens (including phenoxy) is 1. The number of nitrogens with one attached hydrogen (secondary N) is 2. The molecule has 11 heteroatoms. The molecule has 140 valence electrons. The number of carbonyl (C=O) groups excluding carboxylic acids is 1. The normalized spacial score (nSPS) is 20.8. The lowest BCUT2D eigenvalue weighted by Crippen LogP contribution is -2.45. The maximum Gasteiger partial charge on any atom is 0.328 e. The molecule has 2 rings (SSSR count). The second kappa shape index (κ2) is 7.50. The van der Waals surface area contributed by atoms with E-state index in [2.05, 4.69) is 10.3 Å². The summed E-state index contributed by atoms with van der Waals surface area (Å²) in [4.78, 5) is 37.4. The Morgan fingerprint density at radius 3 is 2.72 bits per heavy atom. The van der Waals surface area contributed by atoms with Gasteiger partial charge in [-0.1, -0.05) is 0 Å². The summed E-state index contributed by atoms with van der Waals surface area (Å²) in [6.45, 7) is 1.69. The SMILES string of the molecule is Cc1cn(CC(=O)N[C@@H]2COC[C@H]2CS(=O)(=O)N(C)C)c(=O)[nH]c1=O. The Bertz CT molecular complexity index is 857. The Morgan fingerprint density at radius 1 is 1.40 bits per heavy atom. The molecule has 10 nitrogen and oxygen atoms in total. The van der Waals surface area contributed by atoms with E-state index in [0.717, 1.165) is 8.87 Å². The summed E-state index contributed by atoms with van der Waals surface area (Å²) in [5.41, 5.74) is -0.869. The van der Waals surface area contributed by atoms with Crippen molar-refractivity contribution in [2.45, 2.75) is 19.5 Å². The molecular formula is C14H22N4O6S. The number of H-pyrrole nitrogens is 1. The first-order chi connectivity index (χ1) is 11.6. The van der Waals surface area contributed by atoms with Gasteiger partial charge in [-0.3, -0.25) is 19.1 Å². The van der Waals surface area contributed by atoms with Gasteiger partial charge in [0.15, 0.2) is 0 Å². The highest BCUT2D eigenvalue weighted by atomic mass is 32.2. The molecule has 1 amide bonds. The van der Waals surface area contributed by atoms with Gasteiger partial charge in [-0.2, -0.15) is 0 Å². The van der Waals surface area contributed by atoms with Crippen LogP contribution in [0.2, 0.25) is 0 Å². The predicted molar refractivity (Wildman–Crippen MR) is 89.8 cm³/mol. The van der Waals surface area contributed by atoms with Crippen LogP contribution in [0.1, 0.15) is 5.56 Å². The van der Waals surface area contributed by atoms with Gasteiger partial charge in [0.2, 0.25) is 15.9 Å². The van der Waals surface area contributed by atoms with Crippen LogP contribution in [0.4, 0.5) is 0 Å². The second-order valence-corrected chi connectivity index (χ2v) is 8.46. The van der Waals surface area contributed by atoms with Crippen LogP contribution in [0.25, 0.3) is 0 Å². The van der Waals surface area contributed by atoms with Crippen LogP contribution in [-0.2, 0) is 26.1 Å². The van der Waals surface area contributed by atoms with Crippen LogP contribution >= 0.6 is 0 Å². The van der Waals surface area contributed by atoms with Crippen LogP contribution in [0.15, 0.2) is 15.8 Å².